The van der Waals surface area contributed by atoms with Crippen LogP contribution in [0, 0.1) is 0 Å². The summed E-state index contributed by atoms with van der Waals surface area (Å²) in [6.07, 6.45) is -4.44. The van der Waals surface area contributed by atoms with Gasteiger partial charge in [0.05, 0.1) is 11.3 Å². The van der Waals surface area contributed by atoms with Crippen molar-refractivity contribution in [2.75, 3.05) is 17.2 Å². The molecule has 0 spiro atoms. The van der Waals surface area contributed by atoms with Crippen LogP contribution in [0.5, 0.6) is 0 Å². The third-order valence-corrected chi connectivity index (χ3v) is 3.71. The van der Waals surface area contributed by atoms with Crippen LogP contribution in [0.2, 0.25) is 0 Å². The van der Waals surface area contributed by atoms with Gasteiger partial charge in [0.15, 0.2) is 6.61 Å². The Balaban J connectivity index is 1.70. The molecule has 2 aromatic rings. The van der Waals surface area contributed by atoms with E-state index in [4.69, 9.17) is 4.74 Å². The lowest BCUT2D eigenvalue weighted by molar-refractivity contribution is -0.147. The lowest BCUT2D eigenvalue weighted by Gasteiger charge is -2.13. The minimum atomic E-state index is -4.62. The molecule has 0 bridgehead atoms. The maximum absolute atomic E-state index is 12.9. The molecule has 2 rings (SSSR count). The molecule has 0 unspecified atom stereocenters. The number of hydrogen-bond donors (Lipinski definition) is 2. The van der Waals surface area contributed by atoms with E-state index in [-0.39, 0.29) is 25.2 Å². The lowest BCUT2D eigenvalue weighted by Crippen LogP contribution is -2.22. The summed E-state index contributed by atoms with van der Waals surface area (Å²) in [6.45, 7) is -0.721. The van der Waals surface area contributed by atoms with E-state index in [1.54, 1.807) is 24.3 Å². The summed E-state index contributed by atoms with van der Waals surface area (Å²) < 4.78 is 43.4. The lowest BCUT2D eigenvalue weighted by atomic mass is 10.1. The summed E-state index contributed by atoms with van der Waals surface area (Å²) in [7, 11) is 0. The van der Waals surface area contributed by atoms with Crippen LogP contribution in [-0.4, -0.2) is 24.4 Å². The van der Waals surface area contributed by atoms with E-state index in [0.29, 0.717) is 5.69 Å². The van der Waals surface area contributed by atoms with Crippen molar-refractivity contribution < 1.29 is 32.3 Å². The second-order valence-electron chi connectivity index (χ2n) is 6.02. The van der Waals surface area contributed by atoms with Gasteiger partial charge in [-0.3, -0.25) is 14.4 Å². The average Bonchev–Trinajstić information content (AvgIpc) is 2.67. The number of esters is 1. The Hall–Kier alpha value is -3.36. The van der Waals surface area contributed by atoms with Gasteiger partial charge in [0, 0.05) is 18.5 Å². The molecule has 29 heavy (non-hydrogen) atoms. The normalized spacial score (nSPS) is 10.9. The number of carbonyl (C=O) groups is 3. The van der Waals surface area contributed by atoms with Gasteiger partial charge in [-0.1, -0.05) is 30.3 Å². The standard InChI is InChI=1S/C20H19F3N2O4/c21-20(22,23)15-9-4-5-10-16(15)25-18(27)13-29-19(28)12-6-11-17(26)24-14-7-2-1-3-8-14/h1-5,7-10H,6,11-13H2,(H,24,26)(H,25,27). The third kappa shape index (κ3) is 7.65. The van der Waals surface area contributed by atoms with E-state index >= 15 is 0 Å². The summed E-state index contributed by atoms with van der Waals surface area (Å²) in [4.78, 5) is 35.2. The predicted octanol–water partition coefficient (Wildman–Crippen LogP) is 4.00. The number of halogens is 3. The van der Waals surface area contributed by atoms with Gasteiger partial charge in [-0.2, -0.15) is 13.2 Å². The number of para-hydroxylation sites is 2. The molecule has 2 aromatic carbocycles. The SMILES string of the molecule is O=C(CCCC(=O)OCC(=O)Nc1ccccc1C(F)(F)F)Nc1ccccc1. The van der Waals surface area contributed by atoms with E-state index in [9.17, 15) is 27.6 Å². The fraction of sp³-hybridized carbons (Fsp3) is 0.250. The van der Waals surface area contributed by atoms with Crippen molar-refractivity contribution in [1.82, 2.24) is 0 Å². The van der Waals surface area contributed by atoms with Gasteiger partial charge < -0.3 is 15.4 Å². The maximum Gasteiger partial charge on any atom is 0.418 e. The zero-order valence-electron chi connectivity index (χ0n) is 15.3. The van der Waals surface area contributed by atoms with Crippen LogP contribution in [0.1, 0.15) is 24.8 Å². The van der Waals surface area contributed by atoms with Crippen LogP contribution in [0.4, 0.5) is 24.5 Å². The third-order valence-electron chi connectivity index (χ3n) is 3.71. The number of benzene rings is 2. The molecule has 0 aliphatic carbocycles. The highest BCUT2D eigenvalue weighted by Crippen LogP contribution is 2.34. The van der Waals surface area contributed by atoms with Gasteiger partial charge in [0.25, 0.3) is 5.91 Å². The molecular weight excluding hydrogens is 389 g/mol. The smallest absolute Gasteiger partial charge is 0.418 e. The van der Waals surface area contributed by atoms with Crippen LogP contribution in [-0.2, 0) is 25.3 Å². The Labute approximate surface area is 165 Å². The molecule has 0 aromatic heterocycles. The predicted molar refractivity (Wildman–Crippen MR) is 100.0 cm³/mol. The van der Waals surface area contributed by atoms with Gasteiger partial charge in [0.1, 0.15) is 0 Å². The first-order valence-corrected chi connectivity index (χ1v) is 8.72. The average molecular weight is 408 g/mol. The monoisotopic (exact) mass is 408 g/mol. The summed E-state index contributed by atoms with van der Waals surface area (Å²) in [6, 6.07) is 13.3. The zero-order valence-corrected chi connectivity index (χ0v) is 15.3. The van der Waals surface area contributed by atoms with Crippen molar-refractivity contribution in [1.29, 1.82) is 0 Å². The van der Waals surface area contributed by atoms with E-state index in [2.05, 4.69) is 10.6 Å². The number of hydrogen-bond acceptors (Lipinski definition) is 4. The number of alkyl halides is 3. The highest BCUT2D eigenvalue weighted by molar-refractivity contribution is 5.93. The number of ether oxygens (including phenoxy) is 1. The van der Waals surface area contributed by atoms with Crippen molar-refractivity contribution in [3.05, 3.63) is 60.2 Å². The summed E-state index contributed by atoms with van der Waals surface area (Å²) in [5.41, 5.74) is -0.779. The van der Waals surface area contributed by atoms with E-state index < -0.39 is 35.9 Å². The topological polar surface area (TPSA) is 84.5 Å². The largest absolute Gasteiger partial charge is 0.456 e. The first-order valence-electron chi connectivity index (χ1n) is 8.72. The number of rotatable bonds is 8. The molecule has 0 aliphatic heterocycles. The second-order valence-corrected chi connectivity index (χ2v) is 6.02. The number of amides is 2. The quantitative estimate of drug-likeness (QED) is 0.647. The van der Waals surface area contributed by atoms with Crippen LogP contribution in [0.25, 0.3) is 0 Å². The Morgan fingerprint density at radius 2 is 1.48 bits per heavy atom. The molecule has 6 nitrogen and oxygen atoms in total. The summed E-state index contributed by atoms with van der Waals surface area (Å²) in [5.74, 6) is -1.89. The van der Waals surface area contributed by atoms with Crippen LogP contribution < -0.4 is 10.6 Å². The van der Waals surface area contributed by atoms with Crippen molar-refractivity contribution in [3.63, 3.8) is 0 Å². The molecule has 9 heteroatoms. The van der Waals surface area contributed by atoms with E-state index in [1.807, 2.05) is 6.07 Å². The molecule has 0 fully saturated rings. The number of nitrogens with one attached hydrogen (secondary N) is 2. The summed E-state index contributed by atoms with van der Waals surface area (Å²) >= 11 is 0. The van der Waals surface area contributed by atoms with Crippen LogP contribution >= 0.6 is 0 Å². The molecule has 0 radical (unpaired) electrons. The van der Waals surface area contributed by atoms with Gasteiger partial charge >= 0.3 is 12.1 Å². The van der Waals surface area contributed by atoms with E-state index in [0.717, 1.165) is 12.1 Å². The molecule has 0 heterocycles. The number of anilines is 2. The second kappa shape index (κ2) is 10.3. The van der Waals surface area contributed by atoms with Crippen molar-refractivity contribution in [2.24, 2.45) is 0 Å². The molecule has 0 aliphatic rings. The first-order chi connectivity index (χ1) is 13.8. The molecule has 0 saturated carbocycles. The fourth-order valence-electron chi connectivity index (χ4n) is 2.38. The van der Waals surface area contributed by atoms with Gasteiger partial charge in [-0.05, 0) is 30.7 Å². The molecule has 2 N–H and O–H groups in total. The highest BCUT2D eigenvalue weighted by atomic mass is 19.4. The fourth-order valence-corrected chi connectivity index (χ4v) is 2.38. The maximum atomic E-state index is 12.9. The molecular formula is C20H19F3N2O4. The number of carbonyl (C=O) groups excluding carboxylic acids is 3. The highest BCUT2D eigenvalue weighted by Gasteiger charge is 2.33. The van der Waals surface area contributed by atoms with E-state index in [1.165, 1.54) is 12.1 Å². The minimum Gasteiger partial charge on any atom is -0.456 e. The van der Waals surface area contributed by atoms with Crippen molar-refractivity contribution in [3.8, 4) is 0 Å². The molecule has 2 amide bonds. The molecule has 0 saturated heterocycles. The van der Waals surface area contributed by atoms with Crippen LogP contribution in [0.3, 0.4) is 0 Å². The Kier molecular flexibility index (Phi) is 7.76. The van der Waals surface area contributed by atoms with Crippen molar-refractivity contribution in [2.45, 2.75) is 25.4 Å². The van der Waals surface area contributed by atoms with Gasteiger partial charge in [0.2, 0.25) is 5.91 Å². The Morgan fingerprint density at radius 1 is 0.828 bits per heavy atom. The Morgan fingerprint density at radius 3 is 2.17 bits per heavy atom. The zero-order chi connectivity index (χ0) is 21.3. The molecule has 0 atom stereocenters. The summed E-state index contributed by atoms with van der Waals surface area (Å²) in [5, 5.41) is 4.74. The van der Waals surface area contributed by atoms with Crippen LogP contribution in [0.15, 0.2) is 54.6 Å². The minimum absolute atomic E-state index is 0.0785. The van der Waals surface area contributed by atoms with Crippen molar-refractivity contribution >= 4 is 29.2 Å². The molecule has 154 valence electrons. The van der Waals surface area contributed by atoms with Gasteiger partial charge in [-0.25, -0.2) is 0 Å². The Bertz CT molecular complexity index is 854. The van der Waals surface area contributed by atoms with Gasteiger partial charge in [-0.15, -0.1) is 0 Å². The first kappa shape index (κ1) is 21.9.